The van der Waals surface area contributed by atoms with E-state index in [4.69, 9.17) is 23.3 Å². The van der Waals surface area contributed by atoms with Gasteiger partial charge in [-0.1, -0.05) is 216 Å². The zero-order valence-electron chi connectivity index (χ0n) is 45.9. The van der Waals surface area contributed by atoms with Gasteiger partial charge in [0, 0.05) is 19.3 Å². The number of phosphoric ester groups is 1. The summed E-state index contributed by atoms with van der Waals surface area (Å²) in [6.45, 7) is 4.47. The van der Waals surface area contributed by atoms with E-state index in [-0.39, 0.29) is 25.9 Å². The monoisotopic (exact) mass is 1030 g/mol. The third-order valence-electron chi connectivity index (χ3n) is 12.1. The number of aliphatic hydroxyl groups is 1. The minimum atomic E-state index is -4.75. The van der Waals surface area contributed by atoms with E-state index in [2.05, 4.69) is 93.7 Å². The van der Waals surface area contributed by atoms with Gasteiger partial charge in [0.1, 0.15) is 12.7 Å². The third-order valence-corrected chi connectivity index (χ3v) is 13.1. The van der Waals surface area contributed by atoms with Crippen LogP contribution in [0.5, 0.6) is 0 Å². The summed E-state index contributed by atoms with van der Waals surface area (Å²) in [5.74, 6) is -1.49. The number of carbonyl (C=O) groups excluding carboxylic acids is 3. The van der Waals surface area contributed by atoms with Gasteiger partial charge in [-0.25, -0.2) is 4.57 Å². The molecule has 0 radical (unpaired) electrons. The Morgan fingerprint density at radius 2 is 0.722 bits per heavy atom. The maximum absolute atomic E-state index is 12.9. The highest BCUT2D eigenvalue weighted by Crippen LogP contribution is 2.43. The zero-order chi connectivity index (χ0) is 52.7. The molecule has 72 heavy (non-hydrogen) atoms. The minimum Gasteiger partial charge on any atom is -0.462 e. The van der Waals surface area contributed by atoms with Crippen LogP contribution in [0.4, 0.5) is 0 Å². The quantitative estimate of drug-likeness (QED) is 0.0197. The van der Waals surface area contributed by atoms with Crippen LogP contribution in [0.2, 0.25) is 0 Å². The maximum Gasteiger partial charge on any atom is 0.472 e. The third kappa shape index (κ3) is 51.8. The standard InChI is InChI=1S/C60H105O11P/c1-4-7-10-13-16-19-22-24-26-27-28-29-31-32-35-37-40-43-46-49-58(62)67-53-57(71-60(64)51-48-45-42-39-36-33-30-25-23-20-17-14-11-8-5-2)55-69-72(65,66)68-54-56(52-61)70-59(63)50-47-44-41-38-34-21-18-15-12-9-6-3/h7,10,16-17,19-20,24-26,28-30,56-57,61H,4-6,8-9,11-15,18,21-23,27,31-55H2,1-3H3,(H,65,66)/b10-7-,19-16-,20-17-,26-24-,29-28-,30-25-. The molecule has 0 aromatic carbocycles. The highest BCUT2D eigenvalue weighted by atomic mass is 31.2. The first kappa shape index (κ1) is 68.9. The first-order valence-corrected chi connectivity index (χ1v) is 30.3. The summed E-state index contributed by atoms with van der Waals surface area (Å²) >= 11 is 0. The van der Waals surface area contributed by atoms with Gasteiger partial charge < -0.3 is 24.2 Å². The summed E-state index contributed by atoms with van der Waals surface area (Å²) < 4.78 is 39.5. The molecule has 11 nitrogen and oxygen atoms in total. The molecule has 0 amide bonds. The molecule has 2 N–H and O–H groups in total. The summed E-state index contributed by atoms with van der Waals surface area (Å²) in [7, 11) is -4.75. The van der Waals surface area contributed by atoms with Gasteiger partial charge in [0.05, 0.1) is 19.8 Å². The molecule has 0 aromatic rings. The lowest BCUT2D eigenvalue weighted by molar-refractivity contribution is -0.161. The lowest BCUT2D eigenvalue weighted by atomic mass is 10.1. The van der Waals surface area contributed by atoms with Crippen LogP contribution >= 0.6 is 7.82 Å². The molecule has 0 fully saturated rings. The summed E-state index contributed by atoms with van der Waals surface area (Å²) in [5, 5.41) is 9.79. The van der Waals surface area contributed by atoms with Crippen LogP contribution in [-0.2, 0) is 42.2 Å². The van der Waals surface area contributed by atoms with Gasteiger partial charge >= 0.3 is 25.7 Å². The number of hydrogen-bond donors (Lipinski definition) is 2. The fraction of sp³-hybridized carbons (Fsp3) is 0.750. The number of hydrogen-bond acceptors (Lipinski definition) is 10. The smallest absolute Gasteiger partial charge is 0.462 e. The Morgan fingerprint density at radius 1 is 0.403 bits per heavy atom. The summed E-state index contributed by atoms with van der Waals surface area (Å²) in [6.07, 6.45) is 60.0. The molecule has 0 aromatic heterocycles. The Balaban J connectivity index is 4.76. The van der Waals surface area contributed by atoms with E-state index in [9.17, 15) is 28.9 Å². The van der Waals surface area contributed by atoms with E-state index in [1.54, 1.807) is 0 Å². The van der Waals surface area contributed by atoms with Crippen molar-refractivity contribution in [2.24, 2.45) is 0 Å². The lowest BCUT2D eigenvalue weighted by Gasteiger charge is -2.21. The van der Waals surface area contributed by atoms with Crippen molar-refractivity contribution in [3.8, 4) is 0 Å². The SMILES string of the molecule is CC/C=C\C/C=C\C/C=C\C/C=C\CCCCCCCCC(=O)OCC(COP(=O)(O)OCC(CO)OC(=O)CCCCCCCCCCCCC)OC(=O)CCCCCCC/C=C\C/C=C\CCCCC. The largest absolute Gasteiger partial charge is 0.472 e. The van der Waals surface area contributed by atoms with Gasteiger partial charge in [-0.15, -0.1) is 0 Å². The fourth-order valence-corrected chi connectivity index (χ4v) is 8.51. The van der Waals surface area contributed by atoms with Crippen molar-refractivity contribution in [3.63, 3.8) is 0 Å². The second-order valence-corrected chi connectivity index (χ2v) is 20.5. The van der Waals surface area contributed by atoms with E-state index in [0.29, 0.717) is 19.3 Å². The van der Waals surface area contributed by atoms with E-state index < -0.39 is 57.8 Å². The first-order chi connectivity index (χ1) is 35.2. The number of rotatable bonds is 53. The van der Waals surface area contributed by atoms with Crippen LogP contribution in [0.15, 0.2) is 72.9 Å². The Hall–Kier alpha value is -3.08. The number of esters is 3. The number of phosphoric acid groups is 1. The molecule has 0 rings (SSSR count). The maximum atomic E-state index is 12.9. The van der Waals surface area contributed by atoms with E-state index in [1.807, 2.05) is 0 Å². The van der Waals surface area contributed by atoms with Gasteiger partial charge in [-0.2, -0.15) is 0 Å². The predicted octanol–water partition coefficient (Wildman–Crippen LogP) is 16.9. The molecule has 3 unspecified atom stereocenters. The van der Waals surface area contributed by atoms with Gasteiger partial charge in [0.2, 0.25) is 0 Å². The van der Waals surface area contributed by atoms with Gasteiger partial charge in [-0.3, -0.25) is 23.4 Å². The van der Waals surface area contributed by atoms with Crippen molar-refractivity contribution in [3.05, 3.63) is 72.9 Å². The van der Waals surface area contributed by atoms with E-state index >= 15 is 0 Å². The van der Waals surface area contributed by atoms with Crippen LogP contribution in [0.1, 0.15) is 252 Å². The molecular formula is C60H105O11P. The molecule has 0 aliphatic heterocycles. The normalized spacial score (nSPS) is 13.9. The zero-order valence-corrected chi connectivity index (χ0v) is 46.8. The molecule has 0 aliphatic rings. The molecular weight excluding hydrogens is 928 g/mol. The molecule has 0 bridgehead atoms. The number of aliphatic hydroxyl groups excluding tert-OH is 1. The summed E-state index contributed by atoms with van der Waals surface area (Å²) in [6, 6.07) is 0. The van der Waals surface area contributed by atoms with Gasteiger partial charge in [0.15, 0.2) is 6.10 Å². The predicted molar refractivity (Wildman–Crippen MR) is 298 cm³/mol. The Kier molecular flexibility index (Phi) is 51.9. The van der Waals surface area contributed by atoms with Crippen LogP contribution in [0.25, 0.3) is 0 Å². The van der Waals surface area contributed by atoms with Crippen LogP contribution in [0, 0.1) is 0 Å². The van der Waals surface area contributed by atoms with E-state index in [0.717, 1.165) is 128 Å². The van der Waals surface area contributed by atoms with Crippen LogP contribution < -0.4 is 0 Å². The van der Waals surface area contributed by atoms with Crippen LogP contribution in [0.3, 0.4) is 0 Å². The Morgan fingerprint density at radius 3 is 1.14 bits per heavy atom. The Bertz CT molecular complexity index is 1490. The van der Waals surface area contributed by atoms with Crippen LogP contribution in [-0.4, -0.2) is 66.5 Å². The first-order valence-electron chi connectivity index (χ1n) is 28.8. The number of allylic oxidation sites excluding steroid dienone is 12. The van der Waals surface area contributed by atoms with Crippen molar-refractivity contribution in [1.82, 2.24) is 0 Å². The molecule has 0 saturated heterocycles. The summed E-state index contributed by atoms with van der Waals surface area (Å²) in [5.41, 5.74) is 0. The number of ether oxygens (including phenoxy) is 3. The van der Waals surface area contributed by atoms with Crippen molar-refractivity contribution in [2.75, 3.05) is 26.4 Å². The fourth-order valence-electron chi connectivity index (χ4n) is 7.73. The molecule has 416 valence electrons. The Labute approximate surface area is 439 Å². The average molecular weight is 1030 g/mol. The molecule has 0 aliphatic carbocycles. The lowest BCUT2D eigenvalue weighted by Crippen LogP contribution is -2.30. The molecule has 0 saturated carbocycles. The van der Waals surface area contributed by atoms with Crippen molar-refractivity contribution >= 4 is 25.7 Å². The highest BCUT2D eigenvalue weighted by molar-refractivity contribution is 7.47. The highest BCUT2D eigenvalue weighted by Gasteiger charge is 2.28. The van der Waals surface area contributed by atoms with E-state index in [1.165, 1.54) is 64.2 Å². The molecule has 0 spiro atoms. The molecule has 0 heterocycles. The average Bonchev–Trinajstić information content (AvgIpc) is 3.37. The second kappa shape index (κ2) is 54.2. The number of unbranched alkanes of at least 4 members (excludes halogenated alkanes) is 24. The van der Waals surface area contributed by atoms with Crippen molar-refractivity contribution < 1.29 is 52.2 Å². The number of carbonyl (C=O) groups is 3. The molecule has 3 atom stereocenters. The van der Waals surface area contributed by atoms with Gasteiger partial charge in [-0.05, 0) is 89.9 Å². The minimum absolute atomic E-state index is 0.147. The van der Waals surface area contributed by atoms with Crippen molar-refractivity contribution in [1.29, 1.82) is 0 Å². The molecule has 12 heteroatoms. The van der Waals surface area contributed by atoms with Gasteiger partial charge in [0.25, 0.3) is 0 Å². The summed E-state index contributed by atoms with van der Waals surface area (Å²) in [4.78, 5) is 48.5. The topological polar surface area (TPSA) is 155 Å². The second-order valence-electron chi connectivity index (χ2n) is 19.1. The van der Waals surface area contributed by atoms with Crippen molar-refractivity contribution in [2.45, 2.75) is 264 Å².